The van der Waals surface area contributed by atoms with Crippen molar-refractivity contribution >= 4 is 11.5 Å². The van der Waals surface area contributed by atoms with Crippen molar-refractivity contribution in [2.75, 3.05) is 0 Å². The van der Waals surface area contributed by atoms with Gasteiger partial charge in [-0.15, -0.1) is 0 Å². The highest BCUT2D eigenvalue weighted by Crippen LogP contribution is 2.28. The summed E-state index contributed by atoms with van der Waals surface area (Å²) >= 11 is 0. The zero-order chi connectivity index (χ0) is 12.8. The van der Waals surface area contributed by atoms with Crippen molar-refractivity contribution in [2.24, 2.45) is 5.92 Å². The monoisotopic (exact) mass is 236 g/mol. The van der Waals surface area contributed by atoms with E-state index in [4.69, 9.17) is 5.11 Å². The SMILES string of the molecule is CCC(CC)/C(=C\C(=O)O)c1ccc(F)cc1. The van der Waals surface area contributed by atoms with E-state index in [1.165, 1.54) is 18.2 Å². The summed E-state index contributed by atoms with van der Waals surface area (Å²) in [5.74, 6) is -1.08. The summed E-state index contributed by atoms with van der Waals surface area (Å²) in [6, 6.07) is 5.96. The molecule has 0 heterocycles. The van der Waals surface area contributed by atoms with E-state index >= 15 is 0 Å². The average Bonchev–Trinajstić information content (AvgIpc) is 2.30. The van der Waals surface area contributed by atoms with Gasteiger partial charge in [-0.2, -0.15) is 0 Å². The van der Waals surface area contributed by atoms with Gasteiger partial charge in [-0.25, -0.2) is 9.18 Å². The van der Waals surface area contributed by atoms with Crippen LogP contribution in [-0.4, -0.2) is 11.1 Å². The van der Waals surface area contributed by atoms with Gasteiger partial charge in [0.25, 0.3) is 0 Å². The second-order valence-electron chi connectivity index (χ2n) is 3.96. The van der Waals surface area contributed by atoms with Crippen molar-refractivity contribution < 1.29 is 14.3 Å². The Kier molecular flexibility index (Phi) is 4.88. The van der Waals surface area contributed by atoms with Gasteiger partial charge in [0.1, 0.15) is 5.82 Å². The predicted octanol–water partition coefficient (Wildman–Crippen LogP) is 3.73. The first-order valence-electron chi connectivity index (χ1n) is 5.78. The molecule has 0 fully saturated rings. The molecule has 0 aliphatic rings. The number of carboxylic acids is 1. The lowest BCUT2D eigenvalue weighted by Gasteiger charge is -2.17. The number of carboxylic acid groups (broad SMARTS) is 1. The minimum atomic E-state index is -0.962. The first kappa shape index (κ1) is 13.4. The Labute approximate surface area is 101 Å². The third-order valence-corrected chi connectivity index (χ3v) is 2.88. The Morgan fingerprint density at radius 2 is 1.82 bits per heavy atom. The number of rotatable bonds is 5. The third-order valence-electron chi connectivity index (χ3n) is 2.88. The summed E-state index contributed by atoms with van der Waals surface area (Å²) in [5.41, 5.74) is 1.55. The van der Waals surface area contributed by atoms with Crippen molar-refractivity contribution in [3.05, 3.63) is 41.7 Å². The molecule has 0 unspecified atom stereocenters. The highest BCUT2D eigenvalue weighted by molar-refractivity contribution is 5.90. The average molecular weight is 236 g/mol. The molecular weight excluding hydrogens is 219 g/mol. The highest BCUT2D eigenvalue weighted by Gasteiger charge is 2.14. The number of aliphatic carboxylic acids is 1. The molecule has 0 bridgehead atoms. The summed E-state index contributed by atoms with van der Waals surface area (Å²) in [6.07, 6.45) is 2.96. The van der Waals surface area contributed by atoms with Gasteiger partial charge < -0.3 is 5.11 Å². The summed E-state index contributed by atoms with van der Waals surface area (Å²) in [5, 5.41) is 8.89. The van der Waals surface area contributed by atoms with Crippen LogP contribution in [0.25, 0.3) is 5.57 Å². The molecular formula is C14H17FO2. The molecule has 1 aromatic rings. The Morgan fingerprint density at radius 3 is 2.24 bits per heavy atom. The standard InChI is InChI=1S/C14H17FO2/c1-3-10(4-2)13(9-14(16)17)11-5-7-12(15)8-6-11/h5-10H,3-4H2,1-2H3,(H,16,17)/b13-9+. The number of carbonyl (C=O) groups is 1. The van der Waals surface area contributed by atoms with Crippen molar-refractivity contribution in [3.63, 3.8) is 0 Å². The van der Waals surface area contributed by atoms with E-state index in [1.807, 2.05) is 13.8 Å². The molecule has 17 heavy (non-hydrogen) atoms. The molecule has 0 radical (unpaired) electrons. The Bertz CT molecular complexity index is 403. The number of benzene rings is 1. The molecule has 0 aliphatic heterocycles. The van der Waals surface area contributed by atoms with Crippen LogP contribution in [-0.2, 0) is 4.79 Å². The Morgan fingerprint density at radius 1 is 1.29 bits per heavy atom. The van der Waals surface area contributed by atoms with Crippen molar-refractivity contribution in [1.29, 1.82) is 0 Å². The molecule has 0 atom stereocenters. The number of hydrogen-bond acceptors (Lipinski definition) is 1. The first-order valence-corrected chi connectivity index (χ1v) is 5.78. The van der Waals surface area contributed by atoms with E-state index in [2.05, 4.69) is 0 Å². The minimum absolute atomic E-state index is 0.191. The van der Waals surface area contributed by atoms with Gasteiger partial charge in [-0.05, 0) is 42.0 Å². The molecule has 0 aliphatic carbocycles. The largest absolute Gasteiger partial charge is 0.478 e. The zero-order valence-electron chi connectivity index (χ0n) is 10.1. The van der Waals surface area contributed by atoms with Crippen LogP contribution in [0.3, 0.4) is 0 Å². The molecule has 1 aromatic carbocycles. The summed E-state index contributed by atoms with van der Waals surface area (Å²) in [4.78, 5) is 10.8. The van der Waals surface area contributed by atoms with E-state index in [0.29, 0.717) is 0 Å². The number of allylic oxidation sites excluding steroid dienone is 1. The lowest BCUT2D eigenvalue weighted by Crippen LogP contribution is -2.04. The molecule has 1 rings (SSSR count). The van der Waals surface area contributed by atoms with Crippen LogP contribution in [0.2, 0.25) is 0 Å². The van der Waals surface area contributed by atoms with Crippen LogP contribution in [0.1, 0.15) is 32.3 Å². The molecule has 0 saturated carbocycles. The second-order valence-corrected chi connectivity index (χ2v) is 3.96. The molecule has 3 heteroatoms. The van der Waals surface area contributed by atoms with Crippen molar-refractivity contribution in [2.45, 2.75) is 26.7 Å². The van der Waals surface area contributed by atoms with Gasteiger partial charge in [0.2, 0.25) is 0 Å². The maximum Gasteiger partial charge on any atom is 0.328 e. The van der Waals surface area contributed by atoms with E-state index in [0.717, 1.165) is 24.0 Å². The number of halogens is 1. The van der Waals surface area contributed by atoms with Gasteiger partial charge in [0.15, 0.2) is 0 Å². The summed E-state index contributed by atoms with van der Waals surface area (Å²) in [7, 11) is 0. The zero-order valence-corrected chi connectivity index (χ0v) is 10.1. The summed E-state index contributed by atoms with van der Waals surface area (Å²) < 4.78 is 12.8. The van der Waals surface area contributed by atoms with Gasteiger partial charge >= 0.3 is 5.97 Å². The molecule has 0 amide bonds. The van der Waals surface area contributed by atoms with Crippen LogP contribution in [0.15, 0.2) is 30.3 Å². The van der Waals surface area contributed by atoms with Crippen LogP contribution in [0.4, 0.5) is 4.39 Å². The fraction of sp³-hybridized carbons (Fsp3) is 0.357. The minimum Gasteiger partial charge on any atom is -0.478 e. The molecule has 0 spiro atoms. The van der Waals surface area contributed by atoms with E-state index < -0.39 is 5.97 Å². The quantitative estimate of drug-likeness (QED) is 0.791. The Balaban J connectivity index is 3.14. The lowest BCUT2D eigenvalue weighted by molar-refractivity contribution is -0.131. The predicted molar refractivity (Wildman–Crippen MR) is 66.1 cm³/mol. The van der Waals surface area contributed by atoms with Gasteiger partial charge in [0, 0.05) is 6.08 Å². The van der Waals surface area contributed by atoms with Crippen LogP contribution in [0, 0.1) is 11.7 Å². The van der Waals surface area contributed by atoms with E-state index in [-0.39, 0.29) is 11.7 Å². The summed E-state index contributed by atoms with van der Waals surface area (Å²) in [6.45, 7) is 4.04. The molecule has 0 saturated heterocycles. The van der Waals surface area contributed by atoms with Crippen LogP contribution >= 0.6 is 0 Å². The fourth-order valence-electron chi connectivity index (χ4n) is 1.94. The first-order chi connectivity index (χ1) is 8.08. The lowest BCUT2D eigenvalue weighted by atomic mass is 9.88. The van der Waals surface area contributed by atoms with Gasteiger partial charge in [-0.1, -0.05) is 26.0 Å². The van der Waals surface area contributed by atoms with Crippen molar-refractivity contribution in [3.8, 4) is 0 Å². The molecule has 0 aromatic heterocycles. The fourth-order valence-corrected chi connectivity index (χ4v) is 1.94. The van der Waals surface area contributed by atoms with Crippen molar-refractivity contribution in [1.82, 2.24) is 0 Å². The van der Waals surface area contributed by atoms with Crippen LogP contribution < -0.4 is 0 Å². The maximum absolute atomic E-state index is 12.8. The second kappa shape index (κ2) is 6.18. The molecule has 1 N–H and O–H groups in total. The highest BCUT2D eigenvalue weighted by atomic mass is 19.1. The topological polar surface area (TPSA) is 37.3 Å². The maximum atomic E-state index is 12.8. The van der Waals surface area contributed by atoms with Gasteiger partial charge in [-0.3, -0.25) is 0 Å². The van der Waals surface area contributed by atoms with Gasteiger partial charge in [0.05, 0.1) is 0 Å². The third kappa shape index (κ3) is 3.70. The Hall–Kier alpha value is -1.64. The molecule has 92 valence electrons. The normalized spacial score (nSPS) is 11.9. The smallest absolute Gasteiger partial charge is 0.328 e. The van der Waals surface area contributed by atoms with E-state index in [9.17, 15) is 9.18 Å². The molecule has 2 nitrogen and oxygen atoms in total. The van der Waals surface area contributed by atoms with Crippen LogP contribution in [0.5, 0.6) is 0 Å². The van der Waals surface area contributed by atoms with E-state index in [1.54, 1.807) is 12.1 Å². The number of hydrogen-bond donors (Lipinski definition) is 1.